The van der Waals surface area contributed by atoms with E-state index < -0.39 is 37.7 Å². The van der Waals surface area contributed by atoms with Crippen LogP contribution in [0, 0.1) is 11.3 Å². The van der Waals surface area contributed by atoms with Crippen molar-refractivity contribution in [2.24, 2.45) is 0 Å². The molecule has 0 spiro atoms. The van der Waals surface area contributed by atoms with Gasteiger partial charge in [0, 0.05) is 12.4 Å². The highest BCUT2D eigenvalue weighted by molar-refractivity contribution is 7.48. The summed E-state index contributed by atoms with van der Waals surface area (Å²) in [5.41, 5.74) is 1.48. The Labute approximate surface area is 302 Å². The summed E-state index contributed by atoms with van der Waals surface area (Å²) in [6, 6.07) is 26.8. The highest BCUT2D eigenvalue weighted by Gasteiger charge is 2.45. The molecule has 0 bridgehead atoms. The number of benzene rings is 3. The first-order chi connectivity index (χ1) is 24.6. The second-order valence-corrected chi connectivity index (χ2v) is 14.5. The lowest BCUT2D eigenvalue weighted by Crippen LogP contribution is -2.38. The molecule has 0 aromatic heterocycles. The minimum Gasteiger partial charge on any atom is -0.497 e. The Morgan fingerprint density at radius 3 is 2.00 bits per heavy atom. The molecule has 0 N–H and O–H groups in total. The number of hydrogen-bond donors (Lipinski definition) is 0. The van der Waals surface area contributed by atoms with Crippen LogP contribution >= 0.6 is 7.82 Å². The fourth-order valence-corrected chi connectivity index (χ4v) is 7.87. The molecule has 51 heavy (non-hydrogen) atoms. The molecular formula is C38H47BNO10P. The van der Waals surface area contributed by atoms with Gasteiger partial charge in [-0.15, -0.1) is 0 Å². The molecule has 3 aromatic rings. The zero-order valence-electron chi connectivity index (χ0n) is 29.8. The van der Waals surface area contributed by atoms with E-state index in [4.69, 9.17) is 55.1 Å². The van der Waals surface area contributed by atoms with Gasteiger partial charge in [0.2, 0.25) is 0 Å². The predicted molar refractivity (Wildman–Crippen MR) is 191 cm³/mol. The van der Waals surface area contributed by atoms with Crippen molar-refractivity contribution < 1.29 is 46.6 Å². The van der Waals surface area contributed by atoms with Crippen LogP contribution < -0.4 is 9.47 Å². The lowest BCUT2D eigenvalue weighted by Gasteiger charge is -2.37. The Hall–Kier alpha value is -3.24. The summed E-state index contributed by atoms with van der Waals surface area (Å²) in [4.78, 5) is 0. The molecular weight excluding hydrogens is 672 g/mol. The molecule has 0 aliphatic carbocycles. The van der Waals surface area contributed by atoms with E-state index in [2.05, 4.69) is 0 Å². The van der Waals surface area contributed by atoms with Gasteiger partial charge in [-0.3, -0.25) is 13.6 Å². The van der Waals surface area contributed by atoms with Crippen LogP contribution in [-0.2, 0) is 42.7 Å². The topological polar surface area (TPSA) is 124 Å². The summed E-state index contributed by atoms with van der Waals surface area (Å²) in [7, 11) is 5.05. The van der Waals surface area contributed by atoms with Gasteiger partial charge >= 0.3 is 7.82 Å². The van der Waals surface area contributed by atoms with Gasteiger partial charge in [-0.1, -0.05) is 54.6 Å². The van der Waals surface area contributed by atoms with Crippen LogP contribution in [0.3, 0.4) is 0 Å². The first-order valence-corrected chi connectivity index (χ1v) is 18.7. The number of rotatable bonds is 18. The van der Waals surface area contributed by atoms with Crippen molar-refractivity contribution in [3.8, 4) is 17.6 Å². The Morgan fingerprint density at radius 1 is 0.843 bits per heavy atom. The molecule has 2 fully saturated rings. The van der Waals surface area contributed by atoms with Gasteiger partial charge in [0.15, 0.2) is 0 Å². The Bertz CT molecular complexity index is 1560. The van der Waals surface area contributed by atoms with E-state index in [0.717, 1.165) is 16.7 Å². The smallest absolute Gasteiger partial charge is 0.475 e. The van der Waals surface area contributed by atoms with Crippen molar-refractivity contribution in [3.05, 3.63) is 95.6 Å². The molecule has 272 valence electrons. The predicted octanol–water partition coefficient (Wildman–Crippen LogP) is 6.71. The number of methoxy groups -OCH3 is 2. The summed E-state index contributed by atoms with van der Waals surface area (Å²) in [5, 5.41) is 9.16. The van der Waals surface area contributed by atoms with Crippen molar-refractivity contribution in [1.29, 1.82) is 5.26 Å². The van der Waals surface area contributed by atoms with E-state index in [1.807, 2.05) is 106 Å². The number of phosphoric ester groups is 1. The van der Waals surface area contributed by atoms with E-state index in [0.29, 0.717) is 24.3 Å². The van der Waals surface area contributed by atoms with Gasteiger partial charge in [-0.25, -0.2) is 4.57 Å². The maximum Gasteiger partial charge on any atom is 0.475 e. The molecule has 2 saturated heterocycles. The normalized spacial score (nSPS) is 24.6. The van der Waals surface area contributed by atoms with Gasteiger partial charge in [0.05, 0.1) is 64.8 Å². The SMILES string of the molecule is [B][C@H]1CC(OC(C)C)[C@@H](COP(=O)(OCCC#N)OC2C[C@H](C)O[C@@H]2COC(c2ccccc2)(c2ccc(OC)cc2)c2ccc(OC)cc2)O1. The molecule has 2 aliphatic rings. The zero-order chi connectivity index (χ0) is 36.4. The van der Waals surface area contributed by atoms with Crippen LogP contribution in [0.5, 0.6) is 11.5 Å². The molecule has 0 saturated carbocycles. The van der Waals surface area contributed by atoms with Gasteiger partial charge in [-0.2, -0.15) is 5.26 Å². The van der Waals surface area contributed by atoms with Gasteiger partial charge in [0.1, 0.15) is 43.3 Å². The van der Waals surface area contributed by atoms with Crippen molar-refractivity contribution >= 4 is 15.7 Å². The molecule has 11 nitrogen and oxygen atoms in total. The summed E-state index contributed by atoms with van der Waals surface area (Å²) < 4.78 is 68.1. The third-order valence-corrected chi connectivity index (χ3v) is 10.3. The van der Waals surface area contributed by atoms with Crippen LogP contribution in [0.25, 0.3) is 0 Å². The molecule has 3 aromatic carbocycles. The van der Waals surface area contributed by atoms with E-state index in [-0.39, 0.29) is 44.6 Å². The first-order valence-electron chi connectivity index (χ1n) is 17.2. The van der Waals surface area contributed by atoms with E-state index in [1.54, 1.807) is 14.2 Å². The molecule has 13 heteroatoms. The Kier molecular flexibility index (Phi) is 13.8. The minimum absolute atomic E-state index is 0.00593. The van der Waals surface area contributed by atoms with Crippen LogP contribution in [-0.4, -0.2) is 84.5 Å². The number of nitrogens with zero attached hydrogens (tertiary/aromatic N) is 1. The van der Waals surface area contributed by atoms with Crippen molar-refractivity contribution in [1.82, 2.24) is 0 Å². The maximum atomic E-state index is 14.2. The van der Waals surface area contributed by atoms with Crippen LogP contribution in [0.4, 0.5) is 0 Å². The average molecular weight is 720 g/mol. The zero-order valence-corrected chi connectivity index (χ0v) is 30.7. The third-order valence-electron chi connectivity index (χ3n) is 8.82. The van der Waals surface area contributed by atoms with Crippen molar-refractivity contribution in [3.63, 3.8) is 0 Å². The van der Waals surface area contributed by atoms with Crippen LogP contribution in [0.2, 0.25) is 0 Å². The van der Waals surface area contributed by atoms with Crippen LogP contribution in [0.15, 0.2) is 78.9 Å². The minimum atomic E-state index is -4.24. The molecule has 3 unspecified atom stereocenters. The summed E-state index contributed by atoms with van der Waals surface area (Å²) >= 11 is 0. The average Bonchev–Trinajstić information content (AvgIpc) is 3.67. The lowest BCUT2D eigenvalue weighted by molar-refractivity contribution is -0.0839. The van der Waals surface area contributed by atoms with E-state index in [9.17, 15) is 4.57 Å². The van der Waals surface area contributed by atoms with Gasteiger partial charge in [-0.05, 0) is 68.1 Å². The number of ether oxygens (including phenoxy) is 6. The molecule has 2 heterocycles. The number of nitriles is 1. The second kappa shape index (κ2) is 18.0. The summed E-state index contributed by atoms with van der Waals surface area (Å²) in [6.45, 7) is 5.50. The first kappa shape index (κ1) is 39.0. The molecule has 0 amide bonds. The fourth-order valence-electron chi connectivity index (χ4n) is 6.48. The molecule has 2 radical (unpaired) electrons. The highest BCUT2D eigenvalue weighted by atomic mass is 31.2. The van der Waals surface area contributed by atoms with Crippen molar-refractivity contribution in [2.75, 3.05) is 34.0 Å². The van der Waals surface area contributed by atoms with Crippen molar-refractivity contribution in [2.45, 2.75) is 88.3 Å². The van der Waals surface area contributed by atoms with E-state index in [1.165, 1.54) is 0 Å². The molecule has 5 rings (SSSR count). The number of phosphoric acid groups is 1. The highest BCUT2D eigenvalue weighted by Crippen LogP contribution is 2.53. The standard InChI is InChI=1S/C38H47BNO10P/c1-26(2)47-33-23-37(39)49-36(33)25-46-51(41,45-21-9-20-40)50-34-22-27(3)48-35(34)24-44-38(28-10-7-6-8-11-28,29-12-16-31(42-4)17-13-29)30-14-18-32(43-5)19-15-30/h6-8,10-19,26-27,33-37H,9,21-25H2,1-5H3/t27-,33?,34?,35+,36+,37+,51?/m0/s1. The fraction of sp³-hybridized carbons (Fsp3) is 0.500. The monoisotopic (exact) mass is 719 g/mol. The summed E-state index contributed by atoms with van der Waals surface area (Å²) in [5.74, 6) is 1.41. The lowest BCUT2D eigenvalue weighted by atomic mass is 9.80. The largest absolute Gasteiger partial charge is 0.497 e. The molecule has 7 atom stereocenters. The van der Waals surface area contributed by atoms with E-state index >= 15 is 0 Å². The second-order valence-electron chi connectivity index (χ2n) is 12.8. The quantitative estimate of drug-likeness (QED) is 0.0604. The Morgan fingerprint density at radius 2 is 1.43 bits per heavy atom. The summed E-state index contributed by atoms with van der Waals surface area (Å²) in [6.07, 6.45) is -1.80. The Balaban J connectivity index is 1.43. The van der Waals surface area contributed by atoms with Crippen LogP contribution in [0.1, 0.15) is 56.7 Å². The molecule has 2 aliphatic heterocycles. The number of hydrogen-bond acceptors (Lipinski definition) is 11. The van der Waals surface area contributed by atoms with Gasteiger partial charge < -0.3 is 28.4 Å². The third kappa shape index (κ3) is 9.80. The van der Waals surface area contributed by atoms with Gasteiger partial charge in [0.25, 0.3) is 0 Å². The maximum absolute atomic E-state index is 14.2.